The van der Waals surface area contributed by atoms with Crippen LogP contribution in [0, 0.1) is 0 Å². The lowest BCUT2D eigenvalue weighted by Crippen LogP contribution is -2.42. The fraction of sp³-hybridized carbons (Fsp3) is 0.667. The third-order valence-electron chi connectivity index (χ3n) is 3.34. The SMILES string of the molecule is CCCN(C1CCNC1)S(=O)(=O)c1scnc1C(=O)OC.Cl. The molecular weight excluding hydrogens is 350 g/mol. The first kappa shape index (κ1) is 19.3. The minimum atomic E-state index is -3.74. The van der Waals surface area contributed by atoms with Crippen molar-refractivity contribution in [3.8, 4) is 0 Å². The molecule has 0 amide bonds. The van der Waals surface area contributed by atoms with Crippen molar-refractivity contribution in [1.29, 1.82) is 0 Å². The van der Waals surface area contributed by atoms with E-state index in [0.717, 1.165) is 24.3 Å². The van der Waals surface area contributed by atoms with Gasteiger partial charge in [-0.05, 0) is 19.4 Å². The third kappa shape index (κ3) is 3.77. The molecule has 2 heterocycles. The molecule has 10 heteroatoms. The predicted molar refractivity (Wildman–Crippen MR) is 86.2 cm³/mol. The third-order valence-corrected chi connectivity index (χ3v) is 6.64. The van der Waals surface area contributed by atoms with E-state index in [1.165, 1.54) is 16.9 Å². The number of thiazole rings is 1. The molecule has 1 fully saturated rings. The second-order valence-electron chi connectivity index (χ2n) is 4.74. The van der Waals surface area contributed by atoms with E-state index in [1.54, 1.807) is 0 Å². The fourth-order valence-corrected chi connectivity index (χ4v) is 5.36. The molecule has 0 bridgehead atoms. The highest BCUT2D eigenvalue weighted by molar-refractivity contribution is 7.91. The fourth-order valence-electron chi connectivity index (χ4n) is 2.36. The van der Waals surface area contributed by atoms with Gasteiger partial charge in [0.15, 0.2) is 9.90 Å². The lowest BCUT2D eigenvalue weighted by Gasteiger charge is -2.26. The van der Waals surface area contributed by atoms with E-state index in [4.69, 9.17) is 0 Å². The topological polar surface area (TPSA) is 88.6 Å². The number of hydrogen-bond donors (Lipinski definition) is 1. The minimum absolute atomic E-state index is 0. The van der Waals surface area contributed by atoms with Crippen molar-refractivity contribution in [1.82, 2.24) is 14.6 Å². The number of methoxy groups -OCH3 is 1. The molecule has 1 N–H and O–H groups in total. The summed E-state index contributed by atoms with van der Waals surface area (Å²) >= 11 is 0.951. The molecule has 22 heavy (non-hydrogen) atoms. The van der Waals surface area contributed by atoms with Crippen LogP contribution in [0.25, 0.3) is 0 Å². The van der Waals surface area contributed by atoms with Crippen LogP contribution in [0.1, 0.15) is 30.3 Å². The standard InChI is InChI=1S/C12H19N3O4S2.ClH/c1-3-6-15(9-4-5-13-7-9)21(17,18)12-10(11(16)19-2)14-8-20-12;/h8-9,13H,3-7H2,1-2H3;1H. The number of aromatic nitrogens is 1. The van der Waals surface area contributed by atoms with E-state index in [-0.39, 0.29) is 28.4 Å². The van der Waals surface area contributed by atoms with E-state index >= 15 is 0 Å². The Labute approximate surface area is 140 Å². The summed E-state index contributed by atoms with van der Waals surface area (Å²) in [6.07, 6.45) is 1.48. The first-order valence-corrected chi connectivity index (χ1v) is 9.08. The summed E-state index contributed by atoms with van der Waals surface area (Å²) in [6, 6.07) is -0.0810. The molecule has 1 aromatic heterocycles. The Morgan fingerprint density at radius 2 is 2.32 bits per heavy atom. The van der Waals surface area contributed by atoms with E-state index in [1.807, 2.05) is 6.92 Å². The van der Waals surface area contributed by atoms with Crippen molar-refractivity contribution < 1.29 is 17.9 Å². The molecule has 0 spiro atoms. The molecular formula is C12H20ClN3O4S2. The second-order valence-corrected chi connectivity index (χ2v) is 7.68. The molecule has 0 aliphatic carbocycles. The van der Waals surface area contributed by atoms with Crippen LogP contribution in [-0.2, 0) is 14.8 Å². The average molecular weight is 370 g/mol. The Morgan fingerprint density at radius 1 is 1.59 bits per heavy atom. The van der Waals surface area contributed by atoms with Crippen molar-refractivity contribution >= 4 is 39.7 Å². The molecule has 1 atom stereocenters. The average Bonchev–Trinajstić information content (AvgIpc) is 3.14. The Morgan fingerprint density at radius 3 is 2.86 bits per heavy atom. The number of nitrogens with one attached hydrogen (secondary N) is 1. The van der Waals surface area contributed by atoms with Gasteiger partial charge >= 0.3 is 5.97 Å². The number of sulfonamides is 1. The molecule has 0 saturated carbocycles. The quantitative estimate of drug-likeness (QED) is 0.756. The first-order chi connectivity index (χ1) is 10.0. The normalized spacial score (nSPS) is 18.2. The molecule has 126 valence electrons. The van der Waals surface area contributed by atoms with E-state index in [0.29, 0.717) is 19.5 Å². The number of ether oxygens (including phenoxy) is 1. The second kappa shape index (κ2) is 8.21. The van der Waals surface area contributed by atoms with Crippen LogP contribution in [0.3, 0.4) is 0 Å². The largest absolute Gasteiger partial charge is 0.464 e. The highest BCUT2D eigenvalue weighted by Gasteiger charge is 2.36. The van der Waals surface area contributed by atoms with Crippen LogP contribution in [0.2, 0.25) is 0 Å². The van der Waals surface area contributed by atoms with Gasteiger partial charge in [-0.15, -0.1) is 23.7 Å². The molecule has 1 saturated heterocycles. The maximum atomic E-state index is 12.9. The zero-order chi connectivity index (χ0) is 15.5. The van der Waals surface area contributed by atoms with Gasteiger partial charge in [0.2, 0.25) is 0 Å². The van der Waals surface area contributed by atoms with Gasteiger partial charge in [-0.1, -0.05) is 6.92 Å². The summed E-state index contributed by atoms with van der Waals surface area (Å²) in [7, 11) is -2.53. The number of rotatable bonds is 6. The summed E-state index contributed by atoms with van der Waals surface area (Å²) < 4.78 is 31.8. The lowest BCUT2D eigenvalue weighted by molar-refractivity contribution is 0.0590. The van der Waals surface area contributed by atoms with Crippen molar-refractivity contribution in [2.24, 2.45) is 0 Å². The van der Waals surface area contributed by atoms with Crippen LogP contribution in [0.4, 0.5) is 0 Å². The lowest BCUT2D eigenvalue weighted by atomic mass is 10.2. The molecule has 2 rings (SSSR count). The van der Waals surface area contributed by atoms with Gasteiger partial charge in [0.1, 0.15) is 0 Å². The molecule has 1 aliphatic heterocycles. The van der Waals surface area contributed by atoms with Crippen molar-refractivity contribution in [2.45, 2.75) is 30.0 Å². The Balaban J connectivity index is 0.00000242. The van der Waals surface area contributed by atoms with E-state index in [2.05, 4.69) is 15.0 Å². The zero-order valence-electron chi connectivity index (χ0n) is 12.4. The Hall–Kier alpha value is -0.740. The molecule has 1 unspecified atom stereocenters. The van der Waals surface area contributed by atoms with Crippen LogP contribution >= 0.6 is 23.7 Å². The summed E-state index contributed by atoms with van der Waals surface area (Å²) in [4.78, 5) is 15.5. The van der Waals surface area contributed by atoms with Gasteiger partial charge in [0.25, 0.3) is 10.0 Å². The van der Waals surface area contributed by atoms with Crippen LogP contribution in [0.15, 0.2) is 9.72 Å². The summed E-state index contributed by atoms with van der Waals surface area (Å²) in [6.45, 7) is 3.78. The Kier molecular flexibility index (Phi) is 7.20. The molecule has 0 radical (unpaired) electrons. The summed E-state index contributed by atoms with van der Waals surface area (Å²) in [5.74, 6) is -0.726. The number of nitrogens with zero attached hydrogens (tertiary/aromatic N) is 2. The smallest absolute Gasteiger partial charge is 0.358 e. The van der Waals surface area contributed by atoms with Gasteiger partial charge in [0.05, 0.1) is 12.6 Å². The minimum Gasteiger partial charge on any atom is -0.464 e. The van der Waals surface area contributed by atoms with E-state index < -0.39 is 16.0 Å². The molecule has 1 aromatic rings. The molecule has 1 aliphatic rings. The van der Waals surface area contributed by atoms with Gasteiger partial charge in [0, 0.05) is 19.1 Å². The predicted octanol–water partition coefficient (Wildman–Crippen LogP) is 1.11. The number of carbonyl (C=O) groups excluding carboxylic acids is 1. The van der Waals surface area contributed by atoms with Gasteiger partial charge in [-0.25, -0.2) is 18.2 Å². The number of hydrogen-bond acceptors (Lipinski definition) is 7. The zero-order valence-corrected chi connectivity index (χ0v) is 14.9. The van der Waals surface area contributed by atoms with Crippen LogP contribution in [-0.4, -0.2) is 56.5 Å². The van der Waals surface area contributed by atoms with Crippen molar-refractivity contribution in [2.75, 3.05) is 26.7 Å². The number of esters is 1. The van der Waals surface area contributed by atoms with Crippen molar-refractivity contribution in [3.05, 3.63) is 11.2 Å². The van der Waals surface area contributed by atoms with Gasteiger partial charge in [-0.2, -0.15) is 4.31 Å². The van der Waals surface area contributed by atoms with Crippen molar-refractivity contribution in [3.63, 3.8) is 0 Å². The summed E-state index contributed by atoms with van der Waals surface area (Å²) in [5.41, 5.74) is 1.23. The highest BCUT2D eigenvalue weighted by Crippen LogP contribution is 2.27. The van der Waals surface area contributed by atoms with Gasteiger partial charge < -0.3 is 10.1 Å². The molecule has 7 nitrogen and oxygen atoms in total. The first-order valence-electron chi connectivity index (χ1n) is 6.76. The van der Waals surface area contributed by atoms with Gasteiger partial charge in [-0.3, -0.25) is 0 Å². The highest BCUT2D eigenvalue weighted by atomic mass is 35.5. The maximum Gasteiger partial charge on any atom is 0.358 e. The van der Waals surface area contributed by atoms with E-state index in [9.17, 15) is 13.2 Å². The summed E-state index contributed by atoms with van der Waals surface area (Å²) in [5, 5.41) is 3.17. The van der Waals surface area contributed by atoms with Crippen LogP contribution in [0.5, 0.6) is 0 Å². The Bertz CT molecular complexity index is 599. The number of halogens is 1. The number of carbonyl (C=O) groups is 1. The van der Waals surface area contributed by atoms with Crippen LogP contribution < -0.4 is 5.32 Å². The maximum absolute atomic E-state index is 12.9. The molecule has 0 aromatic carbocycles. The monoisotopic (exact) mass is 369 g/mol.